The Balaban J connectivity index is 2.44. The fraction of sp³-hybridized carbons (Fsp3) is 0.400. The Morgan fingerprint density at radius 1 is 1.42 bits per heavy atom. The third-order valence-corrected chi connectivity index (χ3v) is 3.68. The lowest BCUT2D eigenvalue weighted by Gasteiger charge is -2.17. The van der Waals surface area contributed by atoms with Crippen molar-refractivity contribution in [2.45, 2.75) is 32.2 Å². The molecule has 0 N–H and O–H groups in total. The van der Waals surface area contributed by atoms with Crippen molar-refractivity contribution in [2.24, 2.45) is 0 Å². The second-order valence-electron chi connectivity index (χ2n) is 4.58. The van der Waals surface area contributed by atoms with E-state index in [0.717, 1.165) is 30.2 Å². The number of halogens is 1. The van der Waals surface area contributed by atoms with Crippen LogP contribution < -0.4 is 0 Å². The maximum Gasteiger partial charge on any atom is 0.328 e. The molecule has 1 aromatic carbocycles. The number of fused-ring (bicyclic) bond motifs is 1. The SMILES string of the molecule is CCCCC(C(=O)OC)n1ccc2c(Cl)cccc21. The van der Waals surface area contributed by atoms with Crippen LogP contribution in [0.2, 0.25) is 5.02 Å². The van der Waals surface area contributed by atoms with Crippen LogP contribution in [0.3, 0.4) is 0 Å². The number of esters is 1. The molecule has 0 amide bonds. The van der Waals surface area contributed by atoms with E-state index in [9.17, 15) is 4.79 Å². The molecule has 0 aliphatic rings. The van der Waals surface area contributed by atoms with Crippen molar-refractivity contribution in [3.8, 4) is 0 Å². The maximum absolute atomic E-state index is 12.0. The molecule has 0 saturated carbocycles. The van der Waals surface area contributed by atoms with Gasteiger partial charge in [0.15, 0.2) is 0 Å². The van der Waals surface area contributed by atoms with Gasteiger partial charge < -0.3 is 9.30 Å². The minimum Gasteiger partial charge on any atom is -0.467 e. The average Bonchev–Trinajstić information content (AvgIpc) is 2.84. The summed E-state index contributed by atoms with van der Waals surface area (Å²) in [5.74, 6) is -0.203. The van der Waals surface area contributed by atoms with E-state index in [1.807, 2.05) is 35.0 Å². The summed E-state index contributed by atoms with van der Waals surface area (Å²) in [4.78, 5) is 12.0. The fourth-order valence-electron chi connectivity index (χ4n) is 2.33. The lowest BCUT2D eigenvalue weighted by atomic mass is 10.1. The molecule has 102 valence electrons. The first-order chi connectivity index (χ1) is 9.19. The summed E-state index contributed by atoms with van der Waals surface area (Å²) in [7, 11) is 1.43. The molecule has 0 spiro atoms. The number of hydrogen-bond acceptors (Lipinski definition) is 2. The van der Waals surface area contributed by atoms with Crippen LogP contribution in [0.4, 0.5) is 0 Å². The van der Waals surface area contributed by atoms with Gasteiger partial charge in [-0.25, -0.2) is 4.79 Å². The Morgan fingerprint density at radius 3 is 2.89 bits per heavy atom. The highest BCUT2D eigenvalue weighted by atomic mass is 35.5. The standard InChI is InChI=1S/C15H18ClNO2/c1-3-4-7-14(15(18)19-2)17-10-9-11-12(16)6-5-8-13(11)17/h5-6,8-10,14H,3-4,7H2,1-2H3. The van der Waals surface area contributed by atoms with Gasteiger partial charge in [0, 0.05) is 16.6 Å². The number of aromatic nitrogens is 1. The molecule has 0 radical (unpaired) electrons. The Bertz CT molecular complexity index is 577. The first kappa shape index (κ1) is 13.9. The molecule has 0 aliphatic carbocycles. The van der Waals surface area contributed by atoms with E-state index in [4.69, 9.17) is 16.3 Å². The molecular weight excluding hydrogens is 262 g/mol. The molecule has 0 aliphatic heterocycles. The summed E-state index contributed by atoms with van der Waals surface area (Å²) >= 11 is 6.16. The molecule has 0 fully saturated rings. The smallest absolute Gasteiger partial charge is 0.328 e. The van der Waals surface area contributed by atoms with E-state index < -0.39 is 0 Å². The number of methoxy groups -OCH3 is 1. The predicted octanol–water partition coefficient (Wildman–Crippen LogP) is 4.20. The van der Waals surface area contributed by atoms with Gasteiger partial charge in [-0.05, 0) is 24.6 Å². The summed E-state index contributed by atoms with van der Waals surface area (Å²) in [6, 6.07) is 7.40. The monoisotopic (exact) mass is 279 g/mol. The van der Waals surface area contributed by atoms with Crippen LogP contribution in [0.15, 0.2) is 30.5 Å². The van der Waals surface area contributed by atoms with Gasteiger partial charge in [-0.1, -0.05) is 37.4 Å². The van der Waals surface area contributed by atoms with Crippen molar-refractivity contribution in [1.29, 1.82) is 0 Å². The highest BCUT2D eigenvalue weighted by Crippen LogP contribution is 2.28. The molecule has 1 heterocycles. The number of benzene rings is 1. The Morgan fingerprint density at radius 2 is 2.21 bits per heavy atom. The van der Waals surface area contributed by atoms with E-state index in [0.29, 0.717) is 5.02 Å². The van der Waals surface area contributed by atoms with E-state index in [1.54, 1.807) is 0 Å². The zero-order valence-corrected chi connectivity index (χ0v) is 12.0. The van der Waals surface area contributed by atoms with E-state index in [-0.39, 0.29) is 12.0 Å². The van der Waals surface area contributed by atoms with Gasteiger partial charge in [-0.3, -0.25) is 0 Å². The van der Waals surface area contributed by atoms with Gasteiger partial charge in [0.25, 0.3) is 0 Å². The largest absolute Gasteiger partial charge is 0.467 e. The maximum atomic E-state index is 12.0. The van der Waals surface area contributed by atoms with Crippen molar-refractivity contribution in [3.05, 3.63) is 35.5 Å². The van der Waals surface area contributed by atoms with Crippen molar-refractivity contribution in [3.63, 3.8) is 0 Å². The van der Waals surface area contributed by atoms with Crippen LogP contribution in [0.1, 0.15) is 32.2 Å². The molecule has 4 heteroatoms. The summed E-state index contributed by atoms with van der Waals surface area (Å²) in [6.45, 7) is 2.11. The van der Waals surface area contributed by atoms with Crippen LogP contribution in [0.25, 0.3) is 10.9 Å². The topological polar surface area (TPSA) is 31.2 Å². The number of carbonyl (C=O) groups excluding carboxylic acids is 1. The molecule has 1 atom stereocenters. The fourth-order valence-corrected chi connectivity index (χ4v) is 2.56. The van der Waals surface area contributed by atoms with E-state index in [2.05, 4.69) is 6.92 Å². The van der Waals surface area contributed by atoms with Crippen LogP contribution in [0, 0.1) is 0 Å². The first-order valence-electron chi connectivity index (χ1n) is 6.52. The van der Waals surface area contributed by atoms with E-state index >= 15 is 0 Å². The minimum absolute atomic E-state index is 0.203. The molecule has 2 rings (SSSR count). The first-order valence-corrected chi connectivity index (χ1v) is 6.89. The molecule has 1 unspecified atom stereocenters. The molecule has 2 aromatic rings. The number of hydrogen-bond donors (Lipinski definition) is 0. The van der Waals surface area contributed by atoms with Crippen molar-refractivity contribution in [2.75, 3.05) is 7.11 Å². The van der Waals surface area contributed by atoms with Gasteiger partial charge >= 0.3 is 5.97 Å². The molecular formula is C15H18ClNO2. The third-order valence-electron chi connectivity index (χ3n) is 3.35. The Hall–Kier alpha value is -1.48. The van der Waals surface area contributed by atoms with Crippen molar-refractivity contribution in [1.82, 2.24) is 4.57 Å². The number of carbonyl (C=O) groups is 1. The van der Waals surface area contributed by atoms with Gasteiger partial charge in [0.05, 0.1) is 12.6 Å². The van der Waals surface area contributed by atoms with Gasteiger partial charge in [-0.15, -0.1) is 0 Å². The Kier molecular flexibility index (Phi) is 4.48. The highest BCUT2D eigenvalue weighted by molar-refractivity contribution is 6.35. The second kappa shape index (κ2) is 6.11. The van der Waals surface area contributed by atoms with E-state index in [1.165, 1.54) is 7.11 Å². The zero-order valence-electron chi connectivity index (χ0n) is 11.2. The summed E-state index contributed by atoms with van der Waals surface area (Å²) in [5, 5.41) is 1.67. The number of ether oxygens (including phenoxy) is 1. The molecule has 1 aromatic heterocycles. The van der Waals surface area contributed by atoms with Crippen LogP contribution in [-0.4, -0.2) is 17.6 Å². The third kappa shape index (κ3) is 2.76. The average molecular weight is 280 g/mol. The van der Waals surface area contributed by atoms with Gasteiger partial charge in [0.1, 0.15) is 6.04 Å². The summed E-state index contributed by atoms with van der Waals surface area (Å²) in [5.41, 5.74) is 0.971. The number of nitrogens with zero attached hydrogens (tertiary/aromatic N) is 1. The van der Waals surface area contributed by atoms with Crippen LogP contribution in [-0.2, 0) is 9.53 Å². The molecule has 19 heavy (non-hydrogen) atoms. The highest BCUT2D eigenvalue weighted by Gasteiger charge is 2.22. The van der Waals surface area contributed by atoms with Crippen LogP contribution >= 0.6 is 11.6 Å². The van der Waals surface area contributed by atoms with Crippen molar-refractivity contribution >= 4 is 28.5 Å². The quantitative estimate of drug-likeness (QED) is 0.768. The van der Waals surface area contributed by atoms with Crippen molar-refractivity contribution < 1.29 is 9.53 Å². The lowest BCUT2D eigenvalue weighted by Crippen LogP contribution is -2.20. The normalized spacial score (nSPS) is 12.6. The second-order valence-corrected chi connectivity index (χ2v) is 4.98. The van der Waals surface area contributed by atoms with Gasteiger partial charge in [0.2, 0.25) is 0 Å². The molecule has 0 saturated heterocycles. The van der Waals surface area contributed by atoms with Gasteiger partial charge in [-0.2, -0.15) is 0 Å². The zero-order chi connectivity index (χ0) is 13.8. The summed E-state index contributed by atoms with van der Waals surface area (Å²) < 4.78 is 6.88. The molecule has 3 nitrogen and oxygen atoms in total. The number of rotatable bonds is 5. The summed E-state index contributed by atoms with van der Waals surface area (Å²) in [6.07, 6.45) is 4.72. The molecule has 0 bridgehead atoms. The lowest BCUT2D eigenvalue weighted by molar-refractivity contribution is -0.144. The minimum atomic E-state index is -0.277. The Labute approximate surface area is 118 Å². The number of unbranched alkanes of at least 4 members (excludes halogenated alkanes) is 1. The van der Waals surface area contributed by atoms with Crippen LogP contribution in [0.5, 0.6) is 0 Å². The predicted molar refractivity (Wildman–Crippen MR) is 77.5 cm³/mol.